The number of piperazine rings is 1. The van der Waals surface area contributed by atoms with E-state index in [9.17, 15) is 17.6 Å². The standard InChI is InChI=1S/C23H24ClFN4O3S2/c1-15-4-9-18(24)21-20(15)26-23(33-21)28-13-11-27(12-14-28)22(30)19-3-2-10-29(19)34(31,32)17-7-5-16(25)6-8-17/h4-9,19H,2-3,10-14H2,1H3. The summed E-state index contributed by atoms with van der Waals surface area (Å²) in [5.41, 5.74) is 1.97. The summed E-state index contributed by atoms with van der Waals surface area (Å²) in [6.07, 6.45) is 1.09. The van der Waals surface area contributed by atoms with Gasteiger partial charge in [-0.1, -0.05) is 29.0 Å². The van der Waals surface area contributed by atoms with E-state index in [4.69, 9.17) is 16.6 Å². The van der Waals surface area contributed by atoms with E-state index < -0.39 is 21.9 Å². The molecule has 3 aromatic rings. The number of rotatable bonds is 4. The lowest BCUT2D eigenvalue weighted by molar-refractivity contribution is -0.134. The Bertz CT molecular complexity index is 1300. The van der Waals surface area contributed by atoms with Gasteiger partial charge in [0.05, 0.1) is 20.1 Å². The number of nitrogens with zero attached hydrogens (tertiary/aromatic N) is 4. The van der Waals surface area contributed by atoms with Crippen molar-refractivity contribution in [3.8, 4) is 0 Å². The van der Waals surface area contributed by atoms with Gasteiger partial charge in [0.2, 0.25) is 15.9 Å². The molecule has 1 unspecified atom stereocenters. The third-order valence-corrected chi connectivity index (χ3v) is 9.96. The lowest BCUT2D eigenvalue weighted by Gasteiger charge is -2.37. The van der Waals surface area contributed by atoms with E-state index in [1.165, 1.54) is 16.4 Å². The second kappa shape index (κ2) is 9.07. The number of aromatic nitrogens is 1. The number of amides is 1. The van der Waals surface area contributed by atoms with Crippen LogP contribution in [-0.4, -0.2) is 67.3 Å². The Morgan fingerprint density at radius 3 is 2.47 bits per heavy atom. The highest BCUT2D eigenvalue weighted by Gasteiger charge is 2.41. The molecule has 0 saturated carbocycles. The Kier molecular flexibility index (Phi) is 6.26. The Morgan fingerprint density at radius 2 is 1.79 bits per heavy atom. The molecule has 11 heteroatoms. The van der Waals surface area contributed by atoms with Gasteiger partial charge in [-0.15, -0.1) is 0 Å². The average molecular weight is 523 g/mol. The number of hydrogen-bond donors (Lipinski definition) is 0. The van der Waals surface area contributed by atoms with Crippen LogP contribution < -0.4 is 4.90 Å². The minimum absolute atomic E-state index is 0.00297. The van der Waals surface area contributed by atoms with Crippen molar-refractivity contribution in [3.05, 3.63) is 52.8 Å². The number of sulfonamides is 1. The number of carbonyl (C=O) groups excluding carboxylic acids is 1. The molecular formula is C23H24ClFN4O3S2. The predicted octanol–water partition coefficient (Wildman–Crippen LogP) is 3.90. The van der Waals surface area contributed by atoms with Crippen LogP contribution in [0.5, 0.6) is 0 Å². The van der Waals surface area contributed by atoms with Gasteiger partial charge in [0.15, 0.2) is 5.13 Å². The van der Waals surface area contributed by atoms with Crippen molar-refractivity contribution >= 4 is 54.2 Å². The first-order valence-corrected chi connectivity index (χ1v) is 13.8. The Hall–Kier alpha value is -2.27. The molecule has 0 spiro atoms. The SMILES string of the molecule is Cc1ccc(Cl)c2sc(N3CCN(C(=O)C4CCCN4S(=O)(=O)c4ccc(F)cc4)CC3)nc12. The van der Waals surface area contributed by atoms with Gasteiger partial charge in [-0.2, -0.15) is 4.31 Å². The fourth-order valence-corrected chi connectivity index (χ4v) is 7.59. The van der Waals surface area contributed by atoms with Crippen LogP contribution >= 0.6 is 22.9 Å². The van der Waals surface area contributed by atoms with Crippen molar-refractivity contribution in [2.24, 2.45) is 0 Å². The molecule has 180 valence electrons. The zero-order valence-corrected chi connectivity index (χ0v) is 21.0. The molecule has 2 saturated heterocycles. The molecule has 1 amide bonds. The molecule has 3 heterocycles. The van der Waals surface area contributed by atoms with Crippen molar-refractivity contribution < 1.29 is 17.6 Å². The topological polar surface area (TPSA) is 73.8 Å². The van der Waals surface area contributed by atoms with Gasteiger partial charge in [0.1, 0.15) is 11.9 Å². The monoisotopic (exact) mass is 522 g/mol. The van der Waals surface area contributed by atoms with Crippen LogP contribution in [0, 0.1) is 12.7 Å². The van der Waals surface area contributed by atoms with Gasteiger partial charge < -0.3 is 9.80 Å². The Balaban J connectivity index is 1.28. The zero-order chi connectivity index (χ0) is 24.0. The van der Waals surface area contributed by atoms with Gasteiger partial charge in [0.25, 0.3) is 0 Å². The second-order valence-electron chi connectivity index (χ2n) is 8.58. The molecule has 34 heavy (non-hydrogen) atoms. The molecule has 0 aliphatic carbocycles. The van der Waals surface area contributed by atoms with E-state index >= 15 is 0 Å². The van der Waals surface area contributed by atoms with Crippen molar-refractivity contribution in [1.29, 1.82) is 0 Å². The molecule has 2 aliphatic heterocycles. The number of carbonyl (C=O) groups is 1. The third kappa shape index (κ3) is 4.17. The fourth-order valence-electron chi connectivity index (χ4n) is 4.57. The molecular weight excluding hydrogens is 499 g/mol. The molecule has 5 rings (SSSR count). The summed E-state index contributed by atoms with van der Waals surface area (Å²) in [5.74, 6) is -0.678. The van der Waals surface area contributed by atoms with E-state index in [1.807, 2.05) is 19.1 Å². The van der Waals surface area contributed by atoms with Crippen molar-refractivity contribution in [2.45, 2.75) is 30.7 Å². The minimum Gasteiger partial charge on any atom is -0.345 e. The van der Waals surface area contributed by atoms with Gasteiger partial charge in [-0.3, -0.25) is 4.79 Å². The van der Waals surface area contributed by atoms with Gasteiger partial charge in [-0.25, -0.2) is 17.8 Å². The molecule has 2 aliphatic rings. The summed E-state index contributed by atoms with van der Waals surface area (Å²) in [5, 5.41) is 1.56. The molecule has 0 radical (unpaired) electrons. The largest absolute Gasteiger partial charge is 0.345 e. The maximum absolute atomic E-state index is 13.3. The molecule has 2 fully saturated rings. The Morgan fingerprint density at radius 1 is 1.09 bits per heavy atom. The smallest absolute Gasteiger partial charge is 0.243 e. The van der Waals surface area contributed by atoms with Gasteiger partial charge in [-0.05, 0) is 55.7 Å². The molecule has 0 N–H and O–H groups in total. The maximum Gasteiger partial charge on any atom is 0.243 e. The van der Waals surface area contributed by atoms with Crippen LogP contribution in [0.3, 0.4) is 0 Å². The first kappa shape index (κ1) is 23.5. The van der Waals surface area contributed by atoms with E-state index in [-0.39, 0.29) is 17.3 Å². The fraction of sp³-hybridized carbons (Fsp3) is 0.391. The van der Waals surface area contributed by atoms with E-state index in [1.54, 1.807) is 16.2 Å². The van der Waals surface area contributed by atoms with E-state index in [0.717, 1.165) is 33.0 Å². The van der Waals surface area contributed by atoms with Crippen molar-refractivity contribution in [3.63, 3.8) is 0 Å². The van der Waals surface area contributed by atoms with Crippen molar-refractivity contribution in [1.82, 2.24) is 14.2 Å². The lowest BCUT2D eigenvalue weighted by atomic mass is 10.2. The first-order chi connectivity index (χ1) is 16.3. The van der Waals surface area contributed by atoms with Crippen LogP contribution in [0.2, 0.25) is 5.02 Å². The number of anilines is 1. The molecule has 7 nitrogen and oxygen atoms in total. The number of aryl methyl sites for hydroxylation is 1. The number of fused-ring (bicyclic) bond motifs is 1. The molecule has 1 aromatic heterocycles. The first-order valence-electron chi connectivity index (χ1n) is 11.1. The summed E-state index contributed by atoms with van der Waals surface area (Å²) in [6.45, 7) is 4.48. The highest BCUT2D eigenvalue weighted by atomic mass is 35.5. The second-order valence-corrected chi connectivity index (χ2v) is 11.9. The maximum atomic E-state index is 13.3. The Labute approximate surface area is 206 Å². The summed E-state index contributed by atoms with van der Waals surface area (Å²) in [7, 11) is -3.88. The number of thiazole rings is 1. The van der Waals surface area contributed by atoms with Crippen LogP contribution in [0.15, 0.2) is 41.3 Å². The number of halogens is 2. The van der Waals surface area contributed by atoms with Crippen molar-refractivity contribution in [2.75, 3.05) is 37.6 Å². The lowest BCUT2D eigenvalue weighted by Crippen LogP contribution is -2.54. The summed E-state index contributed by atoms with van der Waals surface area (Å²) in [6, 6.07) is 7.84. The molecule has 1 atom stereocenters. The van der Waals surface area contributed by atoms with Gasteiger partial charge in [0, 0.05) is 32.7 Å². The highest BCUT2D eigenvalue weighted by molar-refractivity contribution is 7.89. The predicted molar refractivity (Wildman–Crippen MR) is 131 cm³/mol. The highest BCUT2D eigenvalue weighted by Crippen LogP contribution is 2.36. The van der Waals surface area contributed by atoms with Crippen LogP contribution in [-0.2, 0) is 14.8 Å². The normalized spacial score (nSPS) is 19.8. The summed E-state index contributed by atoms with van der Waals surface area (Å²) >= 11 is 7.89. The van der Waals surface area contributed by atoms with E-state index in [0.29, 0.717) is 44.0 Å². The number of benzene rings is 2. The summed E-state index contributed by atoms with van der Waals surface area (Å²) < 4.78 is 41.8. The van der Waals surface area contributed by atoms with Crippen LogP contribution in [0.1, 0.15) is 18.4 Å². The third-order valence-electron chi connectivity index (χ3n) is 6.46. The van der Waals surface area contributed by atoms with Crippen LogP contribution in [0.25, 0.3) is 10.2 Å². The van der Waals surface area contributed by atoms with Gasteiger partial charge >= 0.3 is 0 Å². The quantitative estimate of drug-likeness (QED) is 0.519. The molecule has 0 bridgehead atoms. The molecule has 2 aromatic carbocycles. The summed E-state index contributed by atoms with van der Waals surface area (Å²) in [4.78, 5) is 22.0. The average Bonchev–Trinajstić information content (AvgIpc) is 3.50. The number of hydrogen-bond acceptors (Lipinski definition) is 6. The minimum atomic E-state index is -3.88. The van der Waals surface area contributed by atoms with Crippen LogP contribution in [0.4, 0.5) is 9.52 Å². The van der Waals surface area contributed by atoms with E-state index in [2.05, 4.69) is 4.90 Å². The zero-order valence-electron chi connectivity index (χ0n) is 18.6.